The van der Waals surface area contributed by atoms with Crippen LogP contribution in [0.25, 0.3) is 0 Å². The van der Waals surface area contributed by atoms with Gasteiger partial charge in [0.25, 0.3) is 0 Å². The van der Waals surface area contributed by atoms with Crippen LogP contribution in [0.15, 0.2) is 12.1 Å². The summed E-state index contributed by atoms with van der Waals surface area (Å²) >= 11 is 6.15. The molecule has 1 amide bonds. The molecule has 1 saturated heterocycles. The van der Waals surface area contributed by atoms with Crippen molar-refractivity contribution in [2.75, 3.05) is 19.8 Å². The molecular formula is C15H16ClNO5. The number of amides is 1. The predicted octanol–water partition coefficient (Wildman–Crippen LogP) is 1.73. The van der Waals surface area contributed by atoms with Gasteiger partial charge in [0.15, 0.2) is 11.5 Å². The molecule has 0 saturated carbocycles. The number of carboxylic acid groups (broad SMARTS) is 1. The minimum Gasteiger partial charge on any atom is -0.486 e. The zero-order valence-corrected chi connectivity index (χ0v) is 12.6. The largest absolute Gasteiger partial charge is 0.486 e. The minimum atomic E-state index is -0.953. The van der Waals surface area contributed by atoms with Crippen molar-refractivity contribution in [2.45, 2.75) is 25.3 Å². The van der Waals surface area contributed by atoms with Crippen molar-refractivity contribution in [1.29, 1.82) is 0 Å². The first-order valence-electron chi connectivity index (χ1n) is 7.16. The number of aliphatic carboxylic acids is 1. The van der Waals surface area contributed by atoms with Crippen LogP contribution in [0.2, 0.25) is 5.02 Å². The average molecular weight is 326 g/mol. The van der Waals surface area contributed by atoms with Gasteiger partial charge in [0.2, 0.25) is 5.91 Å². The molecule has 118 valence electrons. The second-order valence-electron chi connectivity index (χ2n) is 5.36. The van der Waals surface area contributed by atoms with E-state index in [1.165, 1.54) is 4.90 Å². The van der Waals surface area contributed by atoms with E-state index >= 15 is 0 Å². The molecule has 1 aromatic carbocycles. The molecule has 0 bridgehead atoms. The Morgan fingerprint density at radius 3 is 2.86 bits per heavy atom. The number of hydrogen-bond acceptors (Lipinski definition) is 4. The van der Waals surface area contributed by atoms with Gasteiger partial charge >= 0.3 is 5.97 Å². The molecule has 1 N–H and O–H groups in total. The van der Waals surface area contributed by atoms with Gasteiger partial charge in [-0.05, 0) is 30.5 Å². The summed E-state index contributed by atoms with van der Waals surface area (Å²) in [5.74, 6) is -0.143. The summed E-state index contributed by atoms with van der Waals surface area (Å²) in [7, 11) is 0. The summed E-state index contributed by atoms with van der Waals surface area (Å²) in [6, 6.07) is 2.67. The maximum absolute atomic E-state index is 12.4. The van der Waals surface area contributed by atoms with Crippen LogP contribution in [0.1, 0.15) is 18.4 Å². The third kappa shape index (κ3) is 2.83. The molecule has 0 aliphatic carbocycles. The lowest BCUT2D eigenvalue weighted by Gasteiger charge is -2.23. The van der Waals surface area contributed by atoms with Crippen LogP contribution in [0.5, 0.6) is 11.5 Å². The molecule has 0 unspecified atom stereocenters. The monoisotopic (exact) mass is 325 g/mol. The Morgan fingerprint density at radius 2 is 2.09 bits per heavy atom. The van der Waals surface area contributed by atoms with Crippen LogP contribution in [0.3, 0.4) is 0 Å². The standard InChI is InChI=1S/C15H16ClNO5/c16-10-6-9(7-12-14(10)22-5-4-21-12)8-13(18)17-3-1-2-11(17)15(19)20/h6-7,11H,1-5,8H2,(H,19,20)/t11-/m1/s1. The third-order valence-corrected chi connectivity index (χ3v) is 4.15. The number of halogens is 1. The SMILES string of the molecule is O=C(O)[C@H]1CCCN1C(=O)Cc1cc(Cl)c2c(c1)OCCO2. The molecular weight excluding hydrogens is 310 g/mol. The molecule has 0 radical (unpaired) electrons. The topological polar surface area (TPSA) is 76.1 Å². The summed E-state index contributed by atoms with van der Waals surface area (Å²) in [6.45, 7) is 1.36. The molecule has 1 aromatic rings. The smallest absolute Gasteiger partial charge is 0.326 e. The highest BCUT2D eigenvalue weighted by Crippen LogP contribution is 2.38. The van der Waals surface area contributed by atoms with E-state index in [1.807, 2.05) is 0 Å². The van der Waals surface area contributed by atoms with Gasteiger partial charge in [0, 0.05) is 6.54 Å². The van der Waals surface area contributed by atoms with Crippen LogP contribution in [-0.2, 0) is 16.0 Å². The van der Waals surface area contributed by atoms with Crippen LogP contribution >= 0.6 is 11.6 Å². The molecule has 6 nitrogen and oxygen atoms in total. The van der Waals surface area contributed by atoms with Gasteiger partial charge in [-0.2, -0.15) is 0 Å². The Balaban J connectivity index is 1.77. The van der Waals surface area contributed by atoms with Gasteiger partial charge in [-0.15, -0.1) is 0 Å². The Kier molecular flexibility index (Phi) is 4.11. The summed E-state index contributed by atoms with van der Waals surface area (Å²) < 4.78 is 10.9. The van der Waals surface area contributed by atoms with Crippen molar-refractivity contribution < 1.29 is 24.2 Å². The fraction of sp³-hybridized carbons (Fsp3) is 0.467. The van der Waals surface area contributed by atoms with Gasteiger partial charge in [0.1, 0.15) is 19.3 Å². The fourth-order valence-electron chi connectivity index (χ4n) is 2.86. The molecule has 1 fully saturated rings. The Morgan fingerprint density at radius 1 is 1.32 bits per heavy atom. The molecule has 2 heterocycles. The van der Waals surface area contributed by atoms with Gasteiger partial charge in [-0.3, -0.25) is 4.79 Å². The van der Waals surface area contributed by atoms with Crippen molar-refractivity contribution in [3.8, 4) is 11.5 Å². The van der Waals surface area contributed by atoms with E-state index in [9.17, 15) is 9.59 Å². The van der Waals surface area contributed by atoms with E-state index in [-0.39, 0.29) is 12.3 Å². The van der Waals surface area contributed by atoms with Crippen LogP contribution in [0, 0.1) is 0 Å². The van der Waals surface area contributed by atoms with Gasteiger partial charge < -0.3 is 19.5 Å². The van der Waals surface area contributed by atoms with Crippen LogP contribution in [0.4, 0.5) is 0 Å². The Labute approximate surface area is 132 Å². The summed E-state index contributed by atoms with van der Waals surface area (Å²) in [5, 5.41) is 9.55. The minimum absolute atomic E-state index is 0.0974. The first kappa shape index (κ1) is 15.0. The molecule has 3 rings (SSSR count). The van der Waals surface area contributed by atoms with Crippen molar-refractivity contribution in [2.24, 2.45) is 0 Å². The second kappa shape index (κ2) is 6.04. The Hall–Kier alpha value is -1.95. The second-order valence-corrected chi connectivity index (χ2v) is 5.77. The van der Waals surface area contributed by atoms with Crippen molar-refractivity contribution >= 4 is 23.5 Å². The molecule has 7 heteroatoms. The normalized spacial score (nSPS) is 20.0. The van der Waals surface area contributed by atoms with E-state index in [0.29, 0.717) is 54.7 Å². The van der Waals surface area contributed by atoms with Crippen LogP contribution < -0.4 is 9.47 Å². The number of carboxylic acids is 1. The summed E-state index contributed by atoms with van der Waals surface area (Å²) in [5.41, 5.74) is 0.690. The quantitative estimate of drug-likeness (QED) is 0.916. The molecule has 0 spiro atoms. The first-order chi connectivity index (χ1) is 10.6. The molecule has 22 heavy (non-hydrogen) atoms. The molecule has 0 aromatic heterocycles. The number of hydrogen-bond donors (Lipinski definition) is 1. The van der Waals surface area contributed by atoms with Crippen molar-refractivity contribution in [3.63, 3.8) is 0 Å². The lowest BCUT2D eigenvalue weighted by atomic mass is 10.1. The fourth-order valence-corrected chi connectivity index (χ4v) is 3.15. The predicted molar refractivity (Wildman–Crippen MR) is 78.5 cm³/mol. The average Bonchev–Trinajstić information content (AvgIpc) is 2.97. The van der Waals surface area contributed by atoms with Gasteiger partial charge in [-0.25, -0.2) is 4.79 Å². The van der Waals surface area contributed by atoms with Gasteiger partial charge in [-0.1, -0.05) is 11.6 Å². The van der Waals surface area contributed by atoms with E-state index in [4.69, 9.17) is 26.2 Å². The highest BCUT2D eigenvalue weighted by molar-refractivity contribution is 6.32. The maximum Gasteiger partial charge on any atom is 0.326 e. The number of carbonyl (C=O) groups is 2. The lowest BCUT2D eigenvalue weighted by Crippen LogP contribution is -2.41. The van der Waals surface area contributed by atoms with E-state index in [0.717, 1.165) is 0 Å². The zero-order chi connectivity index (χ0) is 15.7. The third-order valence-electron chi connectivity index (χ3n) is 3.87. The first-order valence-corrected chi connectivity index (χ1v) is 7.54. The Bertz CT molecular complexity index is 618. The lowest BCUT2D eigenvalue weighted by molar-refractivity contribution is -0.148. The molecule has 2 aliphatic heterocycles. The number of nitrogens with zero attached hydrogens (tertiary/aromatic N) is 1. The number of rotatable bonds is 3. The maximum atomic E-state index is 12.4. The number of likely N-dealkylation sites (tertiary alicyclic amines) is 1. The van der Waals surface area contributed by atoms with Gasteiger partial charge in [0.05, 0.1) is 11.4 Å². The molecule has 1 atom stereocenters. The summed E-state index contributed by atoms with van der Waals surface area (Å²) in [4.78, 5) is 24.9. The number of fused-ring (bicyclic) bond motifs is 1. The van der Waals surface area contributed by atoms with Crippen LogP contribution in [-0.4, -0.2) is 47.7 Å². The highest BCUT2D eigenvalue weighted by atomic mass is 35.5. The van der Waals surface area contributed by atoms with E-state index < -0.39 is 12.0 Å². The number of carbonyl (C=O) groups excluding carboxylic acids is 1. The van der Waals surface area contributed by atoms with Crippen molar-refractivity contribution in [1.82, 2.24) is 4.90 Å². The number of benzene rings is 1. The van der Waals surface area contributed by atoms with Crippen molar-refractivity contribution in [3.05, 3.63) is 22.7 Å². The molecule has 2 aliphatic rings. The highest BCUT2D eigenvalue weighted by Gasteiger charge is 2.33. The zero-order valence-electron chi connectivity index (χ0n) is 11.9. The van der Waals surface area contributed by atoms with E-state index in [2.05, 4.69) is 0 Å². The van der Waals surface area contributed by atoms with E-state index in [1.54, 1.807) is 12.1 Å². The number of ether oxygens (including phenoxy) is 2. The summed E-state index contributed by atoms with van der Waals surface area (Å²) in [6.07, 6.45) is 1.31.